The average molecular weight is 432 g/mol. The number of hydrogen-bond donors (Lipinski definition) is 1. The number of carbonyl (C=O) groups excluding carboxylic acids is 2. The summed E-state index contributed by atoms with van der Waals surface area (Å²) in [4.78, 5) is 29.9. The zero-order chi connectivity index (χ0) is 22.9. The minimum Gasteiger partial charge on any atom is -0.465 e. The number of rotatable bonds is 9. The van der Waals surface area contributed by atoms with E-state index >= 15 is 0 Å². The second kappa shape index (κ2) is 11.1. The van der Waals surface area contributed by atoms with Crippen molar-refractivity contribution in [1.82, 2.24) is 15.1 Å². The summed E-state index contributed by atoms with van der Waals surface area (Å²) < 4.78 is 5.38. The van der Waals surface area contributed by atoms with Crippen LogP contribution in [0.5, 0.6) is 0 Å². The predicted octanol–water partition coefficient (Wildman–Crippen LogP) is 4.16. The molecular weight excluding hydrogens is 402 g/mol. The van der Waals surface area contributed by atoms with Gasteiger partial charge in [0.15, 0.2) is 0 Å². The van der Waals surface area contributed by atoms with Gasteiger partial charge in [-0.2, -0.15) is 0 Å². The molecule has 166 valence electrons. The Morgan fingerprint density at radius 3 is 2.12 bits per heavy atom. The van der Waals surface area contributed by atoms with Gasteiger partial charge in [-0.1, -0.05) is 42.5 Å². The minimum atomic E-state index is -0.346. The van der Waals surface area contributed by atoms with Crippen molar-refractivity contribution in [3.05, 3.63) is 101 Å². The van der Waals surface area contributed by atoms with Gasteiger partial charge in [0, 0.05) is 31.3 Å². The number of amides is 2. The molecule has 0 spiro atoms. The molecule has 0 aliphatic carbocycles. The van der Waals surface area contributed by atoms with Gasteiger partial charge in [0.25, 0.3) is 11.8 Å². The van der Waals surface area contributed by atoms with Crippen LogP contribution in [0.3, 0.4) is 0 Å². The molecule has 2 amide bonds. The molecule has 3 aromatic rings. The maximum atomic E-state index is 13.4. The highest BCUT2D eigenvalue weighted by Gasteiger charge is 2.20. The molecule has 0 saturated heterocycles. The van der Waals surface area contributed by atoms with Crippen molar-refractivity contribution in [3.63, 3.8) is 0 Å². The van der Waals surface area contributed by atoms with Crippen LogP contribution in [0.15, 0.2) is 83.1 Å². The molecule has 2 aromatic carbocycles. The quantitative estimate of drug-likeness (QED) is 0.517. The van der Waals surface area contributed by atoms with Crippen LogP contribution in [0.4, 0.5) is 0 Å². The topological polar surface area (TPSA) is 65.8 Å². The van der Waals surface area contributed by atoms with Gasteiger partial charge in [-0.3, -0.25) is 9.59 Å². The van der Waals surface area contributed by atoms with E-state index in [1.165, 1.54) is 11.8 Å². The van der Waals surface area contributed by atoms with Crippen molar-refractivity contribution in [2.75, 3.05) is 20.6 Å². The number of carbonyl (C=O) groups is 2. The lowest BCUT2D eigenvalue weighted by atomic mass is 10.1. The Labute approximate surface area is 189 Å². The lowest BCUT2D eigenvalue weighted by molar-refractivity contribution is -0.127. The normalized spacial score (nSPS) is 11.4. The van der Waals surface area contributed by atoms with E-state index in [1.807, 2.05) is 39.2 Å². The standard InChI is InChI=1S/C26H29N3O3/c1-4-29(19-21-14-12-20(13-15-21)18-28(2)3)26(31)24(17-23-11-8-16-32-23)27-25(30)22-9-6-5-7-10-22/h5-17H,4,18-19H2,1-3H3,(H,27,30). The third kappa shape index (κ3) is 6.43. The first kappa shape index (κ1) is 23.0. The Kier molecular flexibility index (Phi) is 8.00. The lowest BCUT2D eigenvalue weighted by Gasteiger charge is -2.23. The second-order valence-corrected chi connectivity index (χ2v) is 7.77. The Morgan fingerprint density at radius 2 is 1.56 bits per heavy atom. The molecule has 1 heterocycles. The summed E-state index contributed by atoms with van der Waals surface area (Å²) in [6.07, 6.45) is 3.09. The van der Waals surface area contributed by atoms with Gasteiger partial charge in [-0.05, 0) is 56.4 Å². The van der Waals surface area contributed by atoms with Crippen molar-refractivity contribution < 1.29 is 14.0 Å². The molecule has 32 heavy (non-hydrogen) atoms. The SMILES string of the molecule is CCN(Cc1ccc(CN(C)C)cc1)C(=O)C(=Cc1ccco1)NC(=O)c1ccccc1. The van der Waals surface area contributed by atoms with Crippen molar-refractivity contribution in [1.29, 1.82) is 0 Å². The predicted molar refractivity (Wildman–Crippen MR) is 126 cm³/mol. The molecule has 0 radical (unpaired) electrons. The first-order valence-electron chi connectivity index (χ1n) is 10.6. The summed E-state index contributed by atoms with van der Waals surface area (Å²) in [6, 6.07) is 20.5. The van der Waals surface area contributed by atoms with Gasteiger partial charge < -0.3 is 19.5 Å². The fourth-order valence-electron chi connectivity index (χ4n) is 3.28. The highest BCUT2D eigenvalue weighted by atomic mass is 16.3. The molecule has 1 N–H and O–H groups in total. The van der Waals surface area contributed by atoms with Crippen LogP contribution < -0.4 is 5.32 Å². The minimum absolute atomic E-state index is 0.167. The molecule has 1 aromatic heterocycles. The first-order valence-corrected chi connectivity index (χ1v) is 10.6. The van der Waals surface area contributed by atoms with E-state index < -0.39 is 0 Å². The number of nitrogens with one attached hydrogen (secondary N) is 1. The molecule has 0 saturated carbocycles. The molecule has 3 rings (SSSR count). The molecule has 0 fully saturated rings. The van der Waals surface area contributed by atoms with E-state index in [2.05, 4.69) is 22.3 Å². The van der Waals surface area contributed by atoms with Crippen molar-refractivity contribution in [3.8, 4) is 0 Å². The number of furan rings is 1. The van der Waals surface area contributed by atoms with Crippen molar-refractivity contribution in [2.24, 2.45) is 0 Å². The number of benzene rings is 2. The summed E-state index contributed by atoms with van der Waals surface area (Å²) in [6.45, 7) is 3.71. The van der Waals surface area contributed by atoms with Crippen LogP contribution in [-0.2, 0) is 17.9 Å². The maximum absolute atomic E-state index is 13.4. The number of hydrogen-bond acceptors (Lipinski definition) is 4. The molecule has 6 heteroatoms. The van der Waals surface area contributed by atoms with Gasteiger partial charge in [-0.25, -0.2) is 0 Å². The molecule has 0 aliphatic rings. The first-order chi connectivity index (χ1) is 15.5. The van der Waals surface area contributed by atoms with Crippen molar-refractivity contribution in [2.45, 2.75) is 20.0 Å². The zero-order valence-electron chi connectivity index (χ0n) is 18.7. The van der Waals surface area contributed by atoms with E-state index in [0.29, 0.717) is 24.4 Å². The molecule has 0 unspecified atom stereocenters. The maximum Gasteiger partial charge on any atom is 0.270 e. The highest BCUT2D eigenvalue weighted by molar-refractivity contribution is 6.05. The monoisotopic (exact) mass is 431 g/mol. The van der Waals surface area contributed by atoms with Crippen LogP contribution >= 0.6 is 0 Å². The zero-order valence-corrected chi connectivity index (χ0v) is 18.7. The van der Waals surface area contributed by atoms with Crippen LogP contribution in [0.2, 0.25) is 0 Å². The van der Waals surface area contributed by atoms with Crippen LogP contribution in [0.1, 0.15) is 34.2 Å². The summed E-state index contributed by atoms with van der Waals surface area (Å²) in [5.74, 6) is -0.128. The molecule has 0 bridgehead atoms. The summed E-state index contributed by atoms with van der Waals surface area (Å²) in [5, 5.41) is 2.77. The van der Waals surface area contributed by atoms with E-state index in [1.54, 1.807) is 47.4 Å². The van der Waals surface area contributed by atoms with Gasteiger partial charge >= 0.3 is 0 Å². The van der Waals surface area contributed by atoms with E-state index in [4.69, 9.17) is 4.42 Å². The highest BCUT2D eigenvalue weighted by Crippen LogP contribution is 2.14. The molecular formula is C26H29N3O3. The average Bonchev–Trinajstić information content (AvgIpc) is 3.31. The Balaban J connectivity index is 1.79. The summed E-state index contributed by atoms with van der Waals surface area (Å²) in [7, 11) is 4.06. The Hall–Kier alpha value is -3.64. The van der Waals surface area contributed by atoms with Gasteiger partial charge in [0.05, 0.1) is 6.26 Å². The van der Waals surface area contributed by atoms with Crippen LogP contribution in [-0.4, -0.2) is 42.3 Å². The Bertz CT molecular complexity index is 1040. The lowest BCUT2D eigenvalue weighted by Crippen LogP contribution is -2.38. The largest absolute Gasteiger partial charge is 0.465 e. The van der Waals surface area contributed by atoms with Crippen molar-refractivity contribution >= 4 is 17.9 Å². The van der Waals surface area contributed by atoms with E-state index in [9.17, 15) is 9.59 Å². The van der Waals surface area contributed by atoms with Gasteiger partial charge in [-0.15, -0.1) is 0 Å². The fourth-order valence-corrected chi connectivity index (χ4v) is 3.28. The third-order valence-corrected chi connectivity index (χ3v) is 4.91. The van der Waals surface area contributed by atoms with Crippen LogP contribution in [0.25, 0.3) is 6.08 Å². The van der Waals surface area contributed by atoms with Crippen LogP contribution in [0, 0.1) is 0 Å². The fraction of sp³-hybridized carbons (Fsp3) is 0.231. The number of likely N-dealkylation sites (N-methyl/N-ethyl adjacent to an activating group) is 1. The van der Waals surface area contributed by atoms with E-state index in [0.717, 1.165) is 12.1 Å². The molecule has 0 aliphatic heterocycles. The summed E-state index contributed by atoms with van der Waals surface area (Å²) >= 11 is 0. The molecule has 6 nitrogen and oxygen atoms in total. The number of nitrogens with zero attached hydrogens (tertiary/aromatic N) is 2. The van der Waals surface area contributed by atoms with E-state index in [-0.39, 0.29) is 17.5 Å². The Morgan fingerprint density at radius 1 is 0.906 bits per heavy atom. The van der Waals surface area contributed by atoms with Gasteiger partial charge in [0.1, 0.15) is 11.5 Å². The second-order valence-electron chi connectivity index (χ2n) is 7.77. The smallest absolute Gasteiger partial charge is 0.270 e. The summed E-state index contributed by atoms with van der Waals surface area (Å²) in [5.41, 5.74) is 2.88. The molecule has 0 atom stereocenters. The third-order valence-electron chi connectivity index (χ3n) is 4.91. The van der Waals surface area contributed by atoms with Gasteiger partial charge in [0.2, 0.25) is 0 Å².